The molecule has 18 heavy (non-hydrogen) atoms. The largest absolute Gasteiger partial charge is 0.462 e. The Balaban J connectivity index is 1.99. The maximum Gasteiger partial charge on any atom is 0.339 e. The van der Waals surface area contributed by atoms with Crippen LogP contribution in [0.25, 0.3) is 0 Å². The molecule has 0 atom stereocenters. The van der Waals surface area contributed by atoms with Crippen LogP contribution >= 0.6 is 34.8 Å². The molecular weight excluding hydrogens is 294 g/mol. The Morgan fingerprint density at radius 1 is 1.33 bits per heavy atom. The number of rotatable bonds is 4. The lowest BCUT2D eigenvalue weighted by atomic mass is 10.1. The second-order valence-corrected chi connectivity index (χ2v) is 6.17. The minimum Gasteiger partial charge on any atom is -0.462 e. The fourth-order valence-corrected chi connectivity index (χ4v) is 2.32. The zero-order valence-electron chi connectivity index (χ0n) is 9.93. The molecule has 0 bridgehead atoms. The summed E-state index contributed by atoms with van der Waals surface area (Å²) in [6, 6.07) is 2.96. The molecule has 1 aromatic rings. The maximum absolute atomic E-state index is 11.9. The van der Waals surface area contributed by atoms with Crippen LogP contribution in [-0.2, 0) is 4.74 Å². The van der Waals surface area contributed by atoms with Crippen LogP contribution in [0.2, 0.25) is 15.1 Å². The van der Waals surface area contributed by atoms with E-state index in [2.05, 4.69) is 6.92 Å². The van der Waals surface area contributed by atoms with Gasteiger partial charge in [0.25, 0.3) is 0 Å². The molecule has 0 radical (unpaired) electrons. The quantitative estimate of drug-likeness (QED) is 0.578. The van der Waals surface area contributed by atoms with Gasteiger partial charge in [0.05, 0.1) is 22.2 Å². The van der Waals surface area contributed by atoms with Crippen molar-refractivity contribution in [3.63, 3.8) is 0 Å². The van der Waals surface area contributed by atoms with Crippen molar-refractivity contribution in [2.24, 2.45) is 5.41 Å². The van der Waals surface area contributed by atoms with Gasteiger partial charge in [-0.15, -0.1) is 0 Å². The van der Waals surface area contributed by atoms with Gasteiger partial charge in [0.2, 0.25) is 0 Å². The first-order valence-electron chi connectivity index (χ1n) is 5.73. The molecule has 0 unspecified atom stereocenters. The average Bonchev–Trinajstić information content (AvgIpc) is 3.01. The third kappa shape index (κ3) is 3.31. The van der Waals surface area contributed by atoms with E-state index in [1.54, 1.807) is 0 Å². The van der Waals surface area contributed by atoms with Gasteiger partial charge in [0.1, 0.15) is 0 Å². The number of ether oxygens (including phenoxy) is 1. The molecule has 1 saturated carbocycles. The number of esters is 1. The molecule has 1 aliphatic rings. The van der Waals surface area contributed by atoms with Crippen LogP contribution in [0.5, 0.6) is 0 Å². The van der Waals surface area contributed by atoms with Crippen LogP contribution in [0.1, 0.15) is 36.5 Å². The van der Waals surface area contributed by atoms with Crippen molar-refractivity contribution < 1.29 is 9.53 Å². The first-order chi connectivity index (χ1) is 8.41. The van der Waals surface area contributed by atoms with Crippen molar-refractivity contribution in [2.45, 2.75) is 26.2 Å². The molecule has 5 heteroatoms. The summed E-state index contributed by atoms with van der Waals surface area (Å²) in [6.45, 7) is 2.58. The summed E-state index contributed by atoms with van der Waals surface area (Å²) in [5.74, 6) is -0.478. The summed E-state index contributed by atoms with van der Waals surface area (Å²) >= 11 is 17.6. The Kier molecular flexibility index (Phi) is 4.10. The molecule has 2 rings (SSSR count). The maximum atomic E-state index is 11.9. The molecule has 0 saturated heterocycles. The fourth-order valence-electron chi connectivity index (χ4n) is 1.64. The number of halogens is 3. The molecule has 1 aromatic carbocycles. The monoisotopic (exact) mass is 306 g/mol. The summed E-state index contributed by atoms with van der Waals surface area (Å²) in [5.41, 5.74) is 0.575. The number of benzene rings is 1. The smallest absolute Gasteiger partial charge is 0.339 e. The lowest BCUT2D eigenvalue weighted by Gasteiger charge is -2.10. The van der Waals surface area contributed by atoms with Crippen LogP contribution < -0.4 is 0 Å². The van der Waals surface area contributed by atoms with Crippen LogP contribution in [0.4, 0.5) is 0 Å². The van der Waals surface area contributed by atoms with E-state index in [1.807, 2.05) is 0 Å². The van der Waals surface area contributed by atoms with Gasteiger partial charge in [-0.25, -0.2) is 4.79 Å². The van der Waals surface area contributed by atoms with E-state index < -0.39 is 5.97 Å². The molecule has 0 N–H and O–H groups in total. The van der Waals surface area contributed by atoms with E-state index in [0.29, 0.717) is 17.0 Å². The Morgan fingerprint density at radius 3 is 2.61 bits per heavy atom. The van der Waals surface area contributed by atoms with Crippen molar-refractivity contribution in [2.75, 3.05) is 6.61 Å². The van der Waals surface area contributed by atoms with Crippen molar-refractivity contribution in [3.8, 4) is 0 Å². The SMILES string of the molecule is CC1(CCOC(=O)c2cc(Cl)cc(Cl)c2Cl)CC1. The standard InChI is InChI=1S/C13H13Cl3O2/c1-13(2-3-13)4-5-18-12(17)9-6-8(14)7-10(15)11(9)16/h6-7H,2-5H2,1H3. The van der Waals surface area contributed by atoms with Gasteiger partial charge >= 0.3 is 5.97 Å². The van der Waals surface area contributed by atoms with Gasteiger partial charge in [-0.2, -0.15) is 0 Å². The minimum atomic E-state index is -0.478. The predicted octanol–water partition coefficient (Wildman–Crippen LogP) is 4.99. The average molecular weight is 308 g/mol. The highest BCUT2D eigenvalue weighted by Crippen LogP contribution is 2.48. The van der Waals surface area contributed by atoms with Crippen molar-refractivity contribution in [1.82, 2.24) is 0 Å². The van der Waals surface area contributed by atoms with E-state index in [4.69, 9.17) is 39.5 Å². The van der Waals surface area contributed by atoms with E-state index >= 15 is 0 Å². The first-order valence-corrected chi connectivity index (χ1v) is 6.86. The second-order valence-electron chi connectivity index (χ2n) is 4.95. The molecular formula is C13H13Cl3O2. The van der Waals surface area contributed by atoms with Crippen LogP contribution in [0.15, 0.2) is 12.1 Å². The number of hydrogen-bond donors (Lipinski definition) is 0. The molecule has 0 spiro atoms. The van der Waals surface area contributed by atoms with Gasteiger partial charge in [-0.3, -0.25) is 0 Å². The summed E-state index contributed by atoms with van der Waals surface area (Å²) in [4.78, 5) is 11.9. The Morgan fingerprint density at radius 2 is 2.00 bits per heavy atom. The van der Waals surface area contributed by atoms with Crippen molar-refractivity contribution in [3.05, 3.63) is 32.8 Å². The lowest BCUT2D eigenvalue weighted by Crippen LogP contribution is -2.10. The Bertz CT molecular complexity index is 481. The van der Waals surface area contributed by atoms with Gasteiger partial charge in [0.15, 0.2) is 0 Å². The van der Waals surface area contributed by atoms with Crippen LogP contribution in [0, 0.1) is 5.41 Å². The molecule has 0 aromatic heterocycles. The third-order valence-electron chi connectivity index (χ3n) is 3.26. The van der Waals surface area contributed by atoms with Gasteiger partial charge in [-0.05, 0) is 36.8 Å². The number of carbonyl (C=O) groups excluding carboxylic acids is 1. The molecule has 1 fully saturated rings. The Hall–Kier alpha value is -0.440. The third-order valence-corrected chi connectivity index (χ3v) is 4.28. The minimum absolute atomic E-state index is 0.184. The fraction of sp³-hybridized carbons (Fsp3) is 0.462. The number of carbonyl (C=O) groups is 1. The van der Waals surface area contributed by atoms with Crippen LogP contribution in [0.3, 0.4) is 0 Å². The molecule has 98 valence electrons. The molecule has 0 amide bonds. The molecule has 2 nitrogen and oxygen atoms in total. The zero-order chi connectivity index (χ0) is 13.3. The highest BCUT2D eigenvalue weighted by Gasteiger charge is 2.36. The predicted molar refractivity (Wildman–Crippen MR) is 73.7 cm³/mol. The van der Waals surface area contributed by atoms with E-state index in [9.17, 15) is 4.79 Å². The van der Waals surface area contributed by atoms with Crippen LogP contribution in [-0.4, -0.2) is 12.6 Å². The zero-order valence-corrected chi connectivity index (χ0v) is 12.2. The first kappa shape index (κ1) is 14.0. The summed E-state index contributed by atoms with van der Waals surface area (Å²) < 4.78 is 5.19. The van der Waals surface area contributed by atoms with Gasteiger partial charge < -0.3 is 4.74 Å². The number of hydrogen-bond acceptors (Lipinski definition) is 2. The second kappa shape index (κ2) is 5.28. The molecule has 0 heterocycles. The van der Waals surface area contributed by atoms with E-state index in [-0.39, 0.29) is 15.6 Å². The van der Waals surface area contributed by atoms with E-state index in [0.717, 1.165) is 6.42 Å². The Labute approximate surface area is 121 Å². The summed E-state index contributed by atoms with van der Waals surface area (Å²) in [7, 11) is 0. The molecule has 1 aliphatic carbocycles. The van der Waals surface area contributed by atoms with E-state index in [1.165, 1.54) is 25.0 Å². The highest BCUT2D eigenvalue weighted by atomic mass is 35.5. The summed E-state index contributed by atoms with van der Waals surface area (Å²) in [5, 5.41) is 0.805. The van der Waals surface area contributed by atoms with Crippen molar-refractivity contribution in [1.29, 1.82) is 0 Å². The van der Waals surface area contributed by atoms with Gasteiger partial charge in [0, 0.05) is 5.02 Å². The highest BCUT2D eigenvalue weighted by molar-refractivity contribution is 6.45. The molecule has 0 aliphatic heterocycles. The van der Waals surface area contributed by atoms with Gasteiger partial charge in [-0.1, -0.05) is 41.7 Å². The normalized spacial score (nSPS) is 16.4. The lowest BCUT2D eigenvalue weighted by molar-refractivity contribution is 0.0481. The topological polar surface area (TPSA) is 26.3 Å². The van der Waals surface area contributed by atoms with Crippen molar-refractivity contribution >= 4 is 40.8 Å². The summed E-state index contributed by atoms with van der Waals surface area (Å²) in [6.07, 6.45) is 3.28.